The second kappa shape index (κ2) is 8.87. The van der Waals surface area contributed by atoms with Crippen LogP contribution in [0.2, 0.25) is 0 Å². The zero-order valence-electron chi connectivity index (χ0n) is 15.0. The quantitative estimate of drug-likeness (QED) is 0.758. The molecule has 0 fully saturated rings. The Hall–Kier alpha value is -2.05. The number of halogens is 1. The molecular formula is C19H24BrN3O2. The highest BCUT2D eigenvalue weighted by atomic mass is 79.9. The molecule has 0 unspecified atom stereocenters. The lowest BCUT2D eigenvalue weighted by molar-refractivity contribution is 0.251. The molecule has 0 aliphatic heterocycles. The van der Waals surface area contributed by atoms with Crippen molar-refractivity contribution in [2.24, 2.45) is 0 Å². The molecule has 0 saturated carbocycles. The minimum absolute atomic E-state index is 0.262. The molecule has 2 N–H and O–H groups in total. The molecule has 2 rings (SSSR count). The Morgan fingerprint density at radius 1 is 1.20 bits per heavy atom. The Labute approximate surface area is 157 Å². The number of ether oxygens (including phenoxy) is 1. The van der Waals surface area contributed by atoms with Crippen molar-refractivity contribution in [3.63, 3.8) is 0 Å². The third kappa shape index (κ3) is 5.76. The number of benzene rings is 2. The number of urea groups is 1. The number of methoxy groups -OCH3 is 1. The van der Waals surface area contributed by atoms with E-state index in [1.807, 2.05) is 45.3 Å². The molecule has 2 aromatic carbocycles. The first-order chi connectivity index (χ1) is 11.9. The monoisotopic (exact) mass is 405 g/mol. The Balaban J connectivity index is 2.00. The molecule has 25 heavy (non-hydrogen) atoms. The molecule has 5 nitrogen and oxygen atoms in total. The molecule has 0 atom stereocenters. The van der Waals surface area contributed by atoms with Crippen molar-refractivity contribution in [2.45, 2.75) is 20.0 Å². The molecule has 0 spiro atoms. The summed E-state index contributed by atoms with van der Waals surface area (Å²) in [4.78, 5) is 14.4. The van der Waals surface area contributed by atoms with Crippen LogP contribution in [0.15, 0.2) is 40.9 Å². The SMILES string of the molecule is COc1cc(Br)cc(C)c1NC(=O)NCc1cccc(CN(C)C)c1. The summed E-state index contributed by atoms with van der Waals surface area (Å²) < 4.78 is 6.25. The maximum Gasteiger partial charge on any atom is 0.319 e. The largest absolute Gasteiger partial charge is 0.495 e. The average Bonchev–Trinajstić information content (AvgIpc) is 2.55. The number of hydrogen-bond donors (Lipinski definition) is 2. The number of nitrogens with one attached hydrogen (secondary N) is 2. The lowest BCUT2D eigenvalue weighted by Gasteiger charge is -2.15. The summed E-state index contributed by atoms with van der Waals surface area (Å²) in [7, 11) is 5.65. The molecule has 0 saturated heterocycles. The molecule has 0 aromatic heterocycles. The van der Waals surface area contributed by atoms with Crippen molar-refractivity contribution in [3.8, 4) is 5.75 Å². The van der Waals surface area contributed by atoms with Crippen LogP contribution in [0.25, 0.3) is 0 Å². The number of hydrogen-bond acceptors (Lipinski definition) is 3. The fraction of sp³-hybridized carbons (Fsp3) is 0.316. The molecule has 0 heterocycles. The summed E-state index contributed by atoms with van der Waals surface area (Å²) in [5, 5.41) is 5.76. The predicted molar refractivity (Wildman–Crippen MR) is 105 cm³/mol. The van der Waals surface area contributed by atoms with Crippen LogP contribution < -0.4 is 15.4 Å². The van der Waals surface area contributed by atoms with Crippen molar-refractivity contribution in [3.05, 3.63) is 57.6 Å². The first-order valence-corrected chi connectivity index (χ1v) is 8.80. The summed E-state index contributed by atoms with van der Waals surface area (Å²) in [5.41, 5.74) is 3.88. The molecule has 2 amide bonds. The van der Waals surface area contributed by atoms with Gasteiger partial charge in [-0.25, -0.2) is 4.79 Å². The highest BCUT2D eigenvalue weighted by Gasteiger charge is 2.11. The molecule has 134 valence electrons. The van der Waals surface area contributed by atoms with Gasteiger partial charge in [-0.15, -0.1) is 0 Å². The molecule has 0 bridgehead atoms. The van der Waals surface area contributed by atoms with Crippen molar-refractivity contribution >= 4 is 27.6 Å². The third-order valence-corrected chi connectivity index (χ3v) is 4.12. The van der Waals surface area contributed by atoms with E-state index < -0.39 is 0 Å². The number of carbonyl (C=O) groups excluding carboxylic acids is 1. The number of nitrogens with zero attached hydrogens (tertiary/aromatic N) is 1. The Morgan fingerprint density at radius 2 is 1.92 bits per heavy atom. The van der Waals surface area contributed by atoms with Gasteiger partial charge in [0.1, 0.15) is 5.75 Å². The number of carbonyl (C=O) groups is 1. The fourth-order valence-electron chi connectivity index (χ4n) is 2.58. The second-order valence-corrected chi connectivity index (χ2v) is 7.08. The zero-order chi connectivity index (χ0) is 18.4. The van der Waals surface area contributed by atoms with Crippen molar-refractivity contribution in [1.29, 1.82) is 0 Å². The predicted octanol–water partition coefficient (Wildman–Crippen LogP) is 4.15. The number of aryl methyl sites for hydroxylation is 1. The molecule has 0 radical (unpaired) electrons. The Bertz CT molecular complexity index is 747. The second-order valence-electron chi connectivity index (χ2n) is 6.17. The number of rotatable bonds is 6. The third-order valence-electron chi connectivity index (χ3n) is 3.67. The van der Waals surface area contributed by atoms with Gasteiger partial charge in [-0.2, -0.15) is 0 Å². The van der Waals surface area contributed by atoms with Crippen LogP contribution in [0.4, 0.5) is 10.5 Å². The number of amides is 2. The fourth-order valence-corrected chi connectivity index (χ4v) is 3.13. The van der Waals surface area contributed by atoms with Gasteiger partial charge < -0.3 is 20.3 Å². The van der Waals surface area contributed by atoms with E-state index in [1.54, 1.807) is 7.11 Å². The minimum atomic E-state index is -0.262. The molecular weight excluding hydrogens is 382 g/mol. The first kappa shape index (κ1) is 19.3. The Morgan fingerprint density at radius 3 is 2.60 bits per heavy atom. The van der Waals surface area contributed by atoms with Gasteiger partial charge in [0.05, 0.1) is 12.8 Å². The van der Waals surface area contributed by atoms with Gasteiger partial charge in [0, 0.05) is 17.6 Å². The summed E-state index contributed by atoms with van der Waals surface area (Å²) in [6.07, 6.45) is 0. The van der Waals surface area contributed by atoms with Gasteiger partial charge in [0.25, 0.3) is 0 Å². The zero-order valence-corrected chi connectivity index (χ0v) is 16.6. The molecule has 0 aliphatic rings. The highest BCUT2D eigenvalue weighted by Crippen LogP contribution is 2.31. The minimum Gasteiger partial charge on any atom is -0.495 e. The van der Waals surface area contributed by atoms with E-state index in [2.05, 4.69) is 43.6 Å². The van der Waals surface area contributed by atoms with E-state index in [0.717, 1.165) is 22.1 Å². The van der Waals surface area contributed by atoms with Gasteiger partial charge in [-0.3, -0.25) is 0 Å². The van der Waals surface area contributed by atoms with E-state index in [0.29, 0.717) is 18.0 Å². The van der Waals surface area contributed by atoms with Gasteiger partial charge in [0.2, 0.25) is 0 Å². The van der Waals surface area contributed by atoms with Crippen LogP contribution in [-0.4, -0.2) is 32.1 Å². The first-order valence-electron chi connectivity index (χ1n) is 8.00. The van der Waals surface area contributed by atoms with Crippen LogP contribution >= 0.6 is 15.9 Å². The van der Waals surface area contributed by atoms with E-state index in [9.17, 15) is 4.79 Å². The summed E-state index contributed by atoms with van der Waals surface area (Å²) in [6.45, 7) is 3.26. The van der Waals surface area contributed by atoms with E-state index in [-0.39, 0.29) is 6.03 Å². The maximum absolute atomic E-state index is 12.3. The number of anilines is 1. The van der Waals surface area contributed by atoms with Crippen molar-refractivity contribution in [1.82, 2.24) is 10.2 Å². The standard InChI is InChI=1S/C19H24BrN3O2/c1-13-8-16(20)10-17(25-4)18(13)22-19(24)21-11-14-6-5-7-15(9-14)12-23(2)3/h5-10H,11-12H2,1-4H3,(H2,21,22,24). The van der Waals surface area contributed by atoms with Gasteiger partial charge in [0.15, 0.2) is 0 Å². The van der Waals surface area contributed by atoms with Crippen molar-refractivity contribution in [2.75, 3.05) is 26.5 Å². The normalized spacial score (nSPS) is 10.6. The van der Waals surface area contributed by atoms with Gasteiger partial charge >= 0.3 is 6.03 Å². The van der Waals surface area contributed by atoms with Crippen LogP contribution in [0.3, 0.4) is 0 Å². The maximum atomic E-state index is 12.3. The van der Waals surface area contributed by atoms with Gasteiger partial charge in [-0.1, -0.05) is 40.2 Å². The topological polar surface area (TPSA) is 53.6 Å². The smallest absolute Gasteiger partial charge is 0.319 e. The van der Waals surface area contributed by atoms with Crippen LogP contribution in [0, 0.1) is 6.92 Å². The van der Waals surface area contributed by atoms with E-state index in [1.165, 1.54) is 5.56 Å². The van der Waals surface area contributed by atoms with Crippen molar-refractivity contribution < 1.29 is 9.53 Å². The molecule has 0 aliphatic carbocycles. The summed E-state index contributed by atoms with van der Waals surface area (Å²) in [6, 6.07) is 11.7. The van der Waals surface area contributed by atoms with E-state index >= 15 is 0 Å². The lowest BCUT2D eigenvalue weighted by Crippen LogP contribution is -2.28. The average molecular weight is 406 g/mol. The lowest BCUT2D eigenvalue weighted by atomic mass is 10.1. The van der Waals surface area contributed by atoms with Crippen LogP contribution in [0.5, 0.6) is 5.75 Å². The summed E-state index contributed by atoms with van der Waals surface area (Å²) >= 11 is 3.43. The molecule has 6 heteroatoms. The van der Waals surface area contributed by atoms with E-state index in [4.69, 9.17) is 4.74 Å². The summed E-state index contributed by atoms with van der Waals surface area (Å²) in [5.74, 6) is 0.620. The van der Waals surface area contributed by atoms with Crippen LogP contribution in [0.1, 0.15) is 16.7 Å². The Kier molecular flexibility index (Phi) is 6.84. The highest BCUT2D eigenvalue weighted by molar-refractivity contribution is 9.10. The van der Waals surface area contributed by atoms with Crippen LogP contribution in [-0.2, 0) is 13.1 Å². The molecule has 2 aromatic rings. The van der Waals surface area contributed by atoms with Gasteiger partial charge in [-0.05, 0) is 49.8 Å².